The normalized spacial score (nSPS) is 17.3. The van der Waals surface area contributed by atoms with Gasteiger partial charge in [0.2, 0.25) is 5.91 Å². The van der Waals surface area contributed by atoms with Crippen LogP contribution in [-0.2, 0) is 14.8 Å². The van der Waals surface area contributed by atoms with Crippen molar-refractivity contribution in [3.8, 4) is 0 Å². The van der Waals surface area contributed by atoms with Gasteiger partial charge in [0.05, 0.1) is 15.8 Å². The average Bonchev–Trinajstić information content (AvgIpc) is 2.47. The maximum atomic E-state index is 12.5. The van der Waals surface area contributed by atoms with Gasteiger partial charge in [-0.3, -0.25) is 9.52 Å². The van der Waals surface area contributed by atoms with Crippen molar-refractivity contribution >= 4 is 39.1 Å². The average molecular weight is 348 g/mol. The quantitative estimate of drug-likeness (QED) is 0.893. The summed E-state index contributed by atoms with van der Waals surface area (Å²) >= 11 is 1.42. The number of carbonyl (C=O) groups is 1. The Morgan fingerprint density at radius 2 is 1.96 bits per heavy atom. The lowest BCUT2D eigenvalue weighted by atomic mass is 10.2. The fourth-order valence-electron chi connectivity index (χ4n) is 2.28. The van der Waals surface area contributed by atoms with E-state index in [1.165, 1.54) is 17.8 Å². The van der Waals surface area contributed by atoms with Crippen LogP contribution in [-0.4, -0.2) is 19.6 Å². The summed E-state index contributed by atoms with van der Waals surface area (Å²) in [5.74, 6) is -0.122. The largest absolute Gasteiger partial charge is 0.324 e. The first-order chi connectivity index (χ1) is 10.8. The van der Waals surface area contributed by atoms with Crippen molar-refractivity contribution in [2.24, 2.45) is 0 Å². The number of fused-ring (bicyclic) bond motifs is 1. The summed E-state index contributed by atoms with van der Waals surface area (Å²) in [5, 5.41) is 2.56. The predicted octanol–water partition coefficient (Wildman–Crippen LogP) is 3.23. The smallest absolute Gasteiger partial charge is 0.261 e. The zero-order valence-corrected chi connectivity index (χ0v) is 14.3. The predicted molar refractivity (Wildman–Crippen MR) is 92.4 cm³/mol. The highest BCUT2D eigenvalue weighted by atomic mass is 32.2. The third-order valence-corrected chi connectivity index (χ3v) is 6.02. The number of aryl methyl sites for hydroxylation is 1. The molecule has 0 radical (unpaired) electrons. The van der Waals surface area contributed by atoms with Gasteiger partial charge in [0, 0.05) is 10.6 Å². The Hall–Kier alpha value is -1.99. The molecule has 1 amide bonds. The number of rotatable bonds is 3. The topological polar surface area (TPSA) is 75.3 Å². The van der Waals surface area contributed by atoms with Crippen molar-refractivity contribution < 1.29 is 13.2 Å². The number of amides is 1. The van der Waals surface area contributed by atoms with E-state index in [0.717, 1.165) is 10.5 Å². The van der Waals surface area contributed by atoms with Crippen LogP contribution in [0.1, 0.15) is 12.5 Å². The lowest BCUT2D eigenvalue weighted by Gasteiger charge is -2.22. The number of benzene rings is 2. The van der Waals surface area contributed by atoms with E-state index in [1.54, 1.807) is 30.3 Å². The molecule has 120 valence electrons. The zero-order valence-electron chi connectivity index (χ0n) is 12.7. The van der Waals surface area contributed by atoms with E-state index in [2.05, 4.69) is 10.0 Å². The Kier molecular flexibility index (Phi) is 4.08. The molecule has 0 aliphatic carbocycles. The summed E-state index contributed by atoms with van der Waals surface area (Å²) in [5.41, 5.74) is 2.01. The third-order valence-electron chi connectivity index (χ3n) is 3.46. The summed E-state index contributed by atoms with van der Waals surface area (Å²) < 4.78 is 27.6. The van der Waals surface area contributed by atoms with E-state index in [1.807, 2.05) is 19.9 Å². The Morgan fingerprint density at radius 1 is 1.17 bits per heavy atom. The van der Waals surface area contributed by atoms with E-state index in [0.29, 0.717) is 11.4 Å². The van der Waals surface area contributed by atoms with Gasteiger partial charge in [0.25, 0.3) is 10.0 Å². The van der Waals surface area contributed by atoms with E-state index >= 15 is 0 Å². The molecule has 1 unspecified atom stereocenters. The van der Waals surface area contributed by atoms with Crippen molar-refractivity contribution in [1.82, 2.24) is 0 Å². The molecule has 1 aliphatic rings. The molecule has 1 heterocycles. The second-order valence-electron chi connectivity index (χ2n) is 5.38. The SMILES string of the molecule is Cc1cccc(NS(=O)(=O)c2ccc3c(c2)NC(=O)C(C)S3)c1. The Labute approximate surface area is 139 Å². The van der Waals surface area contributed by atoms with Crippen LogP contribution in [0.15, 0.2) is 52.3 Å². The highest BCUT2D eigenvalue weighted by Gasteiger charge is 2.25. The number of carbonyl (C=O) groups excluding carboxylic acids is 1. The first kappa shape index (κ1) is 15.9. The van der Waals surface area contributed by atoms with Gasteiger partial charge in [0.1, 0.15) is 0 Å². The fraction of sp³-hybridized carbons (Fsp3) is 0.188. The second kappa shape index (κ2) is 5.90. The summed E-state index contributed by atoms with van der Waals surface area (Å²) in [4.78, 5) is 12.7. The molecule has 0 saturated heterocycles. The molecule has 2 N–H and O–H groups in total. The molecule has 5 nitrogen and oxygen atoms in total. The van der Waals surface area contributed by atoms with Gasteiger partial charge >= 0.3 is 0 Å². The maximum absolute atomic E-state index is 12.5. The van der Waals surface area contributed by atoms with E-state index in [9.17, 15) is 13.2 Å². The van der Waals surface area contributed by atoms with Crippen LogP contribution in [0.2, 0.25) is 0 Å². The summed E-state index contributed by atoms with van der Waals surface area (Å²) in [6.07, 6.45) is 0. The Morgan fingerprint density at radius 3 is 2.70 bits per heavy atom. The number of anilines is 2. The molecule has 2 aromatic rings. The van der Waals surface area contributed by atoms with Gasteiger partial charge in [0.15, 0.2) is 0 Å². The van der Waals surface area contributed by atoms with Crippen molar-refractivity contribution in [2.75, 3.05) is 10.0 Å². The molecule has 0 aromatic heterocycles. The van der Waals surface area contributed by atoms with Crippen LogP contribution >= 0.6 is 11.8 Å². The van der Waals surface area contributed by atoms with Crippen LogP contribution < -0.4 is 10.0 Å². The van der Waals surface area contributed by atoms with Crippen molar-refractivity contribution in [1.29, 1.82) is 0 Å². The highest BCUT2D eigenvalue weighted by molar-refractivity contribution is 8.01. The number of thioether (sulfide) groups is 1. The lowest BCUT2D eigenvalue weighted by Crippen LogP contribution is -2.26. The highest BCUT2D eigenvalue weighted by Crippen LogP contribution is 2.36. The fourth-order valence-corrected chi connectivity index (χ4v) is 4.28. The van der Waals surface area contributed by atoms with Gasteiger partial charge in [-0.2, -0.15) is 0 Å². The van der Waals surface area contributed by atoms with Gasteiger partial charge in [-0.1, -0.05) is 12.1 Å². The molecule has 2 aromatic carbocycles. The van der Waals surface area contributed by atoms with Crippen molar-refractivity contribution in [3.05, 3.63) is 48.0 Å². The van der Waals surface area contributed by atoms with E-state index in [-0.39, 0.29) is 16.1 Å². The minimum Gasteiger partial charge on any atom is -0.324 e. The first-order valence-corrected chi connectivity index (χ1v) is 9.42. The molecular weight excluding hydrogens is 332 g/mol. The van der Waals surface area contributed by atoms with Gasteiger partial charge in [-0.25, -0.2) is 8.42 Å². The van der Waals surface area contributed by atoms with Crippen LogP contribution in [0.5, 0.6) is 0 Å². The Bertz CT molecular complexity index is 879. The van der Waals surface area contributed by atoms with Crippen molar-refractivity contribution in [2.45, 2.75) is 28.9 Å². The minimum absolute atomic E-state index is 0.119. The Balaban J connectivity index is 1.92. The lowest BCUT2D eigenvalue weighted by molar-refractivity contribution is -0.115. The van der Waals surface area contributed by atoms with Gasteiger partial charge < -0.3 is 5.32 Å². The number of sulfonamides is 1. The molecule has 0 spiro atoms. The van der Waals surface area contributed by atoms with Gasteiger partial charge in [-0.05, 0) is 49.7 Å². The molecule has 0 saturated carbocycles. The van der Waals surface area contributed by atoms with Gasteiger partial charge in [-0.15, -0.1) is 11.8 Å². The van der Waals surface area contributed by atoms with Crippen LogP contribution in [0.25, 0.3) is 0 Å². The first-order valence-electron chi connectivity index (χ1n) is 7.06. The van der Waals surface area contributed by atoms with Crippen LogP contribution in [0.4, 0.5) is 11.4 Å². The number of hydrogen-bond donors (Lipinski definition) is 2. The summed E-state index contributed by atoms with van der Waals surface area (Å²) in [6.45, 7) is 3.71. The molecule has 3 rings (SSSR count). The second-order valence-corrected chi connectivity index (χ2v) is 8.45. The molecule has 1 aliphatic heterocycles. The summed E-state index contributed by atoms with van der Waals surface area (Å²) in [7, 11) is -3.71. The third kappa shape index (κ3) is 3.35. The van der Waals surface area contributed by atoms with E-state index < -0.39 is 10.0 Å². The van der Waals surface area contributed by atoms with Crippen LogP contribution in [0.3, 0.4) is 0 Å². The molecule has 23 heavy (non-hydrogen) atoms. The molecule has 0 bridgehead atoms. The zero-order chi connectivity index (χ0) is 16.6. The molecule has 0 fully saturated rings. The van der Waals surface area contributed by atoms with E-state index in [4.69, 9.17) is 0 Å². The number of nitrogens with one attached hydrogen (secondary N) is 2. The van der Waals surface area contributed by atoms with Crippen molar-refractivity contribution in [3.63, 3.8) is 0 Å². The summed E-state index contributed by atoms with van der Waals surface area (Å²) in [6, 6.07) is 11.9. The number of hydrogen-bond acceptors (Lipinski definition) is 4. The molecular formula is C16H16N2O3S2. The molecule has 1 atom stereocenters. The minimum atomic E-state index is -3.71. The standard InChI is InChI=1S/C16H16N2O3S2/c1-10-4-3-5-12(8-10)18-23(20,21)13-6-7-15-14(9-13)17-16(19)11(2)22-15/h3-9,11,18H,1-2H3,(H,17,19). The molecule has 7 heteroatoms. The monoisotopic (exact) mass is 348 g/mol. The maximum Gasteiger partial charge on any atom is 0.261 e. The van der Waals surface area contributed by atoms with Crippen LogP contribution in [0, 0.1) is 6.92 Å².